The van der Waals surface area contributed by atoms with Crippen LogP contribution in [0.25, 0.3) is 10.8 Å². The van der Waals surface area contributed by atoms with Crippen LogP contribution in [0.5, 0.6) is 5.75 Å². The van der Waals surface area contributed by atoms with Gasteiger partial charge >= 0.3 is 0 Å². The molecule has 0 spiro atoms. The van der Waals surface area contributed by atoms with Crippen molar-refractivity contribution in [2.45, 2.75) is 31.8 Å². The van der Waals surface area contributed by atoms with E-state index in [1.54, 1.807) is 12.1 Å². The van der Waals surface area contributed by atoms with E-state index in [-0.39, 0.29) is 5.82 Å². The van der Waals surface area contributed by atoms with Crippen LogP contribution in [0, 0.1) is 5.82 Å². The zero-order chi connectivity index (χ0) is 23.2. The topological polar surface area (TPSA) is 40.6 Å². The fourth-order valence-electron chi connectivity index (χ4n) is 4.27. The first-order valence-corrected chi connectivity index (χ1v) is 11.9. The third-order valence-electron chi connectivity index (χ3n) is 6.07. The number of benzene rings is 2. The highest BCUT2D eigenvalue weighted by molar-refractivity contribution is 6.31. The molecule has 0 atom stereocenters. The minimum absolute atomic E-state index is 0.283. The van der Waals surface area contributed by atoms with Crippen LogP contribution in [0.2, 0.25) is 5.02 Å². The Hall–Kier alpha value is -2.41. The lowest BCUT2D eigenvalue weighted by Crippen LogP contribution is -2.38. The summed E-state index contributed by atoms with van der Waals surface area (Å²) in [5, 5.41) is 6.50. The Morgan fingerprint density at radius 1 is 1.15 bits per heavy atom. The smallest absolute Gasteiger partial charge is 0.165 e. The molecule has 7 heteroatoms. The molecule has 1 aliphatic rings. The largest absolute Gasteiger partial charge is 0.490 e. The summed E-state index contributed by atoms with van der Waals surface area (Å²) in [7, 11) is 4.04. The highest BCUT2D eigenvalue weighted by Gasteiger charge is 2.20. The number of nitrogens with zero attached hydrogens (tertiary/aromatic N) is 3. The average molecular weight is 471 g/mol. The van der Waals surface area contributed by atoms with Gasteiger partial charge in [0.2, 0.25) is 0 Å². The number of aromatic nitrogens is 1. The van der Waals surface area contributed by atoms with Crippen molar-refractivity contribution in [2.24, 2.45) is 0 Å². The lowest BCUT2D eigenvalue weighted by molar-refractivity contribution is 0.210. The van der Waals surface area contributed by atoms with Gasteiger partial charge in [0.15, 0.2) is 11.6 Å². The molecule has 1 saturated heterocycles. The molecule has 1 aromatic heterocycles. The summed E-state index contributed by atoms with van der Waals surface area (Å²) >= 11 is 6.19. The van der Waals surface area contributed by atoms with Crippen LogP contribution in [0.4, 0.5) is 10.2 Å². The summed E-state index contributed by atoms with van der Waals surface area (Å²) in [5.41, 5.74) is 0.977. The van der Waals surface area contributed by atoms with Crippen molar-refractivity contribution in [3.8, 4) is 5.75 Å². The maximum Gasteiger partial charge on any atom is 0.165 e. The van der Waals surface area contributed by atoms with Gasteiger partial charge in [0.05, 0.1) is 6.61 Å². The van der Waals surface area contributed by atoms with Crippen molar-refractivity contribution in [1.82, 2.24) is 14.8 Å². The Bertz CT molecular complexity index is 1070. The van der Waals surface area contributed by atoms with Gasteiger partial charge in [0.1, 0.15) is 5.82 Å². The van der Waals surface area contributed by atoms with Gasteiger partial charge in [0.25, 0.3) is 0 Å². The molecule has 1 aliphatic heterocycles. The van der Waals surface area contributed by atoms with Crippen LogP contribution in [0.15, 0.2) is 48.7 Å². The Balaban J connectivity index is 1.27. The molecule has 0 saturated carbocycles. The molecule has 176 valence electrons. The van der Waals surface area contributed by atoms with Crippen molar-refractivity contribution in [3.63, 3.8) is 0 Å². The van der Waals surface area contributed by atoms with Gasteiger partial charge < -0.3 is 15.0 Å². The van der Waals surface area contributed by atoms with Gasteiger partial charge in [0, 0.05) is 48.8 Å². The molecule has 0 bridgehead atoms. The van der Waals surface area contributed by atoms with Crippen molar-refractivity contribution in [1.29, 1.82) is 0 Å². The van der Waals surface area contributed by atoms with E-state index in [0.717, 1.165) is 67.6 Å². The number of fused-ring (bicyclic) bond motifs is 1. The zero-order valence-corrected chi connectivity index (χ0v) is 20.1. The molecule has 2 aromatic carbocycles. The van der Waals surface area contributed by atoms with Crippen LogP contribution in [-0.2, 0) is 6.54 Å². The van der Waals surface area contributed by atoms with Crippen LogP contribution >= 0.6 is 11.6 Å². The van der Waals surface area contributed by atoms with E-state index in [1.807, 2.05) is 50.6 Å². The maximum atomic E-state index is 14.5. The molecule has 5 nitrogen and oxygen atoms in total. The second-order valence-electron chi connectivity index (χ2n) is 8.99. The molecule has 4 rings (SSSR count). The Kier molecular flexibility index (Phi) is 8.02. The molecule has 0 unspecified atom stereocenters. The number of likely N-dealkylation sites (tertiary alicyclic amines) is 1. The predicted octanol–water partition coefficient (Wildman–Crippen LogP) is 5.43. The fourth-order valence-corrected chi connectivity index (χ4v) is 4.44. The molecule has 2 heterocycles. The first-order valence-electron chi connectivity index (χ1n) is 11.6. The fraction of sp³-hybridized carbons (Fsp3) is 0.423. The minimum atomic E-state index is -0.283. The number of nitrogens with one attached hydrogen (secondary N) is 1. The molecule has 33 heavy (non-hydrogen) atoms. The zero-order valence-electron chi connectivity index (χ0n) is 19.4. The summed E-state index contributed by atoms with van der Waals surface area (Å²) in [6.07, 6.45) is 4.72. The SMILES string of the molecule is CN(C)CCCOc1ccc(CN2CCC(Nc3nccc4ccc(Cl)cc34)CC2)cc1F. The third kappa shape index (κ3) is 6.56. The van der Waals surface area contributed by atoms with E-state index in [2.05, 4.69) is 20.1 Å². The number of piperidine rings is 1. The van der Waals surface area contributed by atoms with E-state index in [4.69, 9.17) is 16.3 Å². The molecular formula is C26H32ClFN4O. The first kappa shape index (κ1) is 23.7. The van der Waals surface area contributed by atoms with Gasteiger partial charge in [-0.3, -0.25) is 4.90 Å². The standard InChI is InChI=1S/C26H32ClFN4O/c1-31(2)12-3-15-33-25-7-4-19(16-24(25)28)18-32-13-9-22(10-14-32)30-26-23-17-21(27)6-5-20(23)8-11-29-26/h4-8,11,16-17,22H,3,9-10,12-15,18H2,1-2H3,(H,29,30). The molecule has 3 aromatic rings. The number of pyridine rings is 1. The van der Waals surface area contributed by atoms with E-state index < -0.39 is 0 Å². The predicted molar refractivity (Wildman–Crippen MR) is 134 cm³/mol. The lowest BCUT2D eigenvalue weighted by Gasteiger charge is -2.32. The molecule has 1 fully saturated rings. The quantitative estimate of drug-likeness (QED) is 0.422. The molecule has 0 amide bonds. The number of anilines is 1. The average Bonchev–Trinajstić information content (AvgIpc) is 2.79. The van der Waals surface area contributed by atoms with Gasteiger partial charge in [-0.25, -0.2) is 9.37 Å². The number of hydrogen-bond acceptors (Lipinski definition) is 5. The summed E-state index contributed by atoms with van der Waals surface area (Å²) in [6, 6.07) is 13.6. The van der Waals surface area contributed by atoms with Crippen LogP contribution in [-0.4, -0.2) is 61.2 Å². The normalized spacial score (nSPS) is 15.3. The molecule has 0 radical (unpaired) electrons. The summed E-state index contributed by atoms with van der Waals surface area (Å²) in [4.78, 5) is 9.01. The number of ether oxygens (including phenoxy) is 1. The highest BCUT2D eigenvalue weighted by Crippen LogP contribution is 2.27. The summed E-state index contributed by atoms with van der Waals surface area (Å²) in [5.74, 6) is 0.939. The molecule has 0 aliphatic carbocycles. The number of rotatable bonds is 9. The van der Waals surface area contributed by atoms with Crippen LogP contribution in [0.1, 0.15) is 24.8 Å². The lowest BCUT2D eigenvalue weighted by atomic mass is 10.0. The minimum Gasteiger partial charge on any atom is -0.490 e. The van der Waals surface area contributed by atoms with E-state index in [0.29, 0.717) is 23.4 Å². The monoisotopic (exact) mass is 470 g/mol. The van der Waals surface area contributed by atoms with E-state index in [9.17, 15) is 4.39 Å². The Morgan fingerprint density at radius 3 is 2.73 bits per heavy atom. The summed E-state index contributed by atoms with van der Waals surface area (Å²) in [6.45, 7) is 4.09. The van der Waals surface area contributed by atoms with Crippen LogP contribution in [0.3, 0.4) is 0 Å². The van der Waals surface area contributed by atoms with Gasteiger partial charge in [-0.1, -0.05) is 23.7 Å². The second kappa shape index (κ2) is 11.1. The summed E-state index contributed by atoms with van der Waals surface area (Å²) < 4.78 is 20.1. The van der Waals surface area contributed by atoms with E-state index in [1.165, 1.54) is 0 Å². The van der Waals surface area contributed by atoms with Crippen molar-refractivity contribution >= 4 is 28.2 Å². The maximum absolute atomic E-state index is 14.5. The number of hydrogen-bond donors (Lipinski definition) is 1. The Labute approximate surface area is 200 Å². The van der Waals surface area contributed by atoms with Gasteiger partial charge in [-0.2, -0.15) is 0 Å². The molecule has 1 N–H and O–H groups in total. The number of halogens is 2. The van der Waals surface area contributed by atoms with Gasteiger partial charge in [-0.15, -0.1) is 0 Å². The third-order valence-corrected chi connectivity index (χ3v) is 6.30. The molecular weight excluding hydrogens is 439 g/mol. The highest BCUT2D eigenvalue weighted by atomic mass is 35.5. The van der Waals surface area contributed by atoms with Crippen molar-refractivity contribution in [3.05, 3.63) is 65.1 Å². The van der Waals surface area contributed by atoms with Gasteiger partial charge in [-0.05, 0) is 74.6 Å². The van der Waals surface area contributed by atoms with Crippen molar-refractivity contribution < 1.29 is 9.13 Å². The first-order chi connectivity index (χ1) is 16.0. The van der Waals surface area contributed by atoms with E-state index >= 15 is 0 Å². The Morgan fingerprint density at radius 2 is 1.97 bits per heavy atom. The van der Waals surface area contributed by atoms with Crippen molar-refractivity contribution in [2.75, 3.05) is 45.7 Å². The second-order valence-corrected chi connectivity index (χ2v) is 9.43. The van der Waals surface area contributed by atoms with Crippen LogP contribution < -0.4 is 10.1 Å².